The number of rotatable bonds is 5. The molecular formula is C26H21FN2O2S. The second-order valence-electron chi connectivity index (χ2n) is 8.35. The first-order valence-electron chi connectivity index (χ1n) is 10.3. The minimum Gasteiger partial charge on any atom is -0.481 e. The van der Waals surface area contributed by atoms with Crippen LogP contribution in [0.2, 0.25) is 0 Å². The first kappa shape index (κ1) is 20.4. The van der Waals surface area contributed by atoms with Crippen molar-refractivity contribution in [2.24, 2.45) is 5.41 Å². The van der Waals surface area contributed by atoms with Crippen LogP contribution < -0.4 is 4.90 Å². The summed E-state index contributed by atoms with van der Waals surface area (Å²) < 4.78 is 13.2. The third kappa shape index (κ3) is 3.67. The number of hydrogen-bond donors (Lipinski definition) is 1. The number of benzene rings is 3. The van der Waals surface area contributed by atoms with E-state index in [9.17, 15) is 14.3 Å². The standard InChI is InChI=1S/C26H21FN2O2S/c1-26(24(30)31)15-29(16-26)25-28-22(23(32-25)20-5-3-2-4-6-20)19-9-7-17(8-10-19)18-11-13-21(27)14-12-18/h2-14H,15-16H2,1H3,(H,30,31). The number of aromatic nitrogens is 1. The van der Waals surface area contributed by atoms with Crippen molar-refractivity contribution in [2.75, 3.05) is 18.0 Å². The Morgan fingerprint density at radius 1 is 0.906 bits per heavy atom. The SMILES string of the molecule is CC1(C(=O)O)CN(c2nc(-c3ccc(-c4ccc(F)cc4)cc3)c(-c3ccccc3)s2)C1. The maximum absolute atomic E-state index is 13.2. The van der Waals surface area contributed by atoms with Gasteiger partial charge in [0.05, 0.1) is 16.0 Å². The number of carbonyl (C=O) groups is 1. The summed E-state index contributed by atoms with van der Waals surface area (Å²) in [5.74, 6) is -1.02. The minimum atomic E-state index is -0.773. The zero-order valence-electron chi connectivity index (χ0n) is 17.5. The van der Waals surface area contributed by atoms with Crippen LogP contribution in [-0.4, -0.2) is 29.1 Å². The average molecular weight is 445 g/mol. The molecule has 5 rings (SSSR count). The molecule has 1 saturated heterocycles. The Morgan fingerprint density at radius 3 is 2.06 bits per heavy atom. The summed E-state index contributed by atoms with van der Waals surface area (Å²) in [5, 5.41) is 10.3. The van der Waals surface area contributed by atoms with E-state index in [4.69, 9.17) is 4.98 Å². The number of anilines is 1. The van der Waals surface area contributed by atoms with Gasteiger partial charge in [-0.2, -0.15) is 0 Å². The number of aliphatic carboxylic acids is 1. The molecule has 0 spiro atoms. The smallest absolute Gasteiger partial charge is 0.312 e. The van der Waals surface area contributed by atoms with Gasteiger partial charge in [-0.1, -0.05) is 78.1 Å². The quantitative estimate of drug-likeness (QED) is 0.399. The highest BCUT2D eigenvalue weighted by Gasteiger charge is 2.46. The Balaban J connectivity index is 1.50. The zero-order chi connectivity index (χ0) is 22.3. The summed E-state index contributed by atoms with van der Waals surface area (Å²) in [6.45, 7) is 2.67. The Labute approximate surface area is 189 Å². The Bertz CT molecular complexity index is 1260. The molecule has 0 saturated carbocycles. The molecule has 2 heterocycles. The van der Waals surface area contributed by atoms with Gasteiger partial charge in [-0.3, -0.25) is 4.79 Å². The van der Waals surface area contributed by atoms with Crippen LogP contribution in [0.5, 0.6) is 0 Å². The number of nitrogens with zero attached hydrogens (tertiary/aromatic N) is 2. The van der Waals surface area contributed by atoms with Crippen molar-refractivity contribution in [1.82, 2.24) is 4.98 Å². The first-order chi connectivity index (χ1) is 15.4. The third-order valence-electron chi connectivity index (χ3n) is 5.85. The van der Waals surface area contributed by atoms with E-state index in [0.717, 1.165) is 38.0 Å². The van der Waals surface area contributed by atoms with Gasteiger partial charge >= 0.3 is 5.97 Å². The predicted octanol–water partition coefficient (Wildman–Crippen LogP) is 6.19. The van der Waals surface area contributed by atoms with E-state index in [1.165, 1.54) is 12.1 Å². The van der Waals surface area contributed by atoms with E-state index < -0.39 is 11.4 Å². The minimum absolute atomic E-state index is 0.252. The summed E-state index contributed by atoms with van der Waals surface area (Å²) >= 11 is 1.59. The number of halogens is 1. The van der Waals surface area contributed by atoms with Crippen molar-refractivity contribution in [2.45, 2.75) is 6.92 Å². The molecule has 1 fully saturated rings. The van der Waals surface area contributed by atoms with Gasteiger partial charge in [-0.05, 0) is 35.7 Å². The van der Waals surface area contributed by atoms with E-state index in [2.05, 4.69) is 12.1 Å². The number of carboxylic acid groups (broad SMARTS) is 1. The monoisotopic (exact) mass is 444 g/mol. The number of hydrogen-bond acceptors (Lipinski definition) is 4. The molecule has 0 radical (unpaired) electrons. The fraction of sp³-hybridized carbons (Fsp3) is 0.154. The van der Waals surface area contributed by atoms with E-state index in [-0.39, 0.29) is 5.82 Å². The lowest BCUT2D eigenvalue weighted by Crippen LogP contribution is -2.59. The molecule has 0 atom stereocenters. The van der Waals surface area contributed by atoms with Gasteiger partial charge in [-0.25, -0.2) is 9.37 Å². The lowest BCUT2D eigenvalue weighted by Gasteiger charge is -2.44. The molecule has 0 unspecified atom stereocenters. The lowest BCUT2D eigenvalue weighted by molar-refractivity contribution is -0.149. The highest BCUT2D eigenvalue weighted by molar-refractivity contribution is 7.19. The molecule has 6 heteroatoms. The van der Waals surface area contributed by atoms with Crippen molar-refractivity contribution in [3.63, 3.8) is 0 Å². The maximum atomic E-state index is 13.2. The van der Waals surface area contributed by atoms with Gasteiger partial charge in [0.1, 0.15) is 5.82 Å². The normalized spacial score (nSPS) is 14.8. The van der Waals surface area contributed by atoms with Crippen LogP contribution in [0.15, 0.2) is 78.9 Å². The van der Waals surface area contributed by atoms with E-state index in [0.29, 0.717) is 13.1 Å². The van der Waals surface area contributed by atoms with Gasteiger partial charge < -0.3 is 10.0 Å². The van der Waals surface area contributed by atoms with Crippen LogP contribution >= 0.6 is 11.3 Å². The van der Waals surface area contributed by atoms with Crippen LogP contribution in [0, 0.1) is 11.2 Å². The summed E-state index contributed by atoms with van der Waals surface area (Å²) in [4.78, 5) is 19.5. The van der Waals surface area contributed by atoms with E-state index in [1.807, 2.05) is 47.4 Å². The largest absolute Gasteiger partial charge is 0.481 e. The summed E-state index contributed by atoms with van der Waals surface area (Å²) in [6, 6.07) is 24.7. The van der Waals surface area contributed by atoms with Crippen molar-refractivity contribution >= 4 is 22.4 Å². The number of carboxylic acids is 1. The van der Waals surface area contributed by atoms with Gasteiger partial charge in [0.2, 0.25) is 0 Å². The third-order valence-corrected chi connectivity index (χ3v) is 7.02. The molecule has 0 aliphatic carbocycles. The second-order valence-corrected chi connectivity index (χ2v) is 9.32. The van der Waals surface area contributed by atoms with Crippen molar-refractivity contribution in [3.8, 4) is 32.8 Å². The fourth-order valence-electron chi connectivity index (χ4n) is 3.95. The van der Waals surface area contributed by atoms with Crippen molar-refractivity contribution < 1.29 is 14.3 Å². The molecule has 32 heavy (non-hydrogen) atoms. The highest BCUT2D eigenvalue weighted by atomic mass is 32.1. The van der Waals surface area contributed by atoms with Gasteiger partial charge in [0.15, 0.2) is 5.13 Å². The molecule has 3 aromatic carbocycles. The molecule has 4 nitrogen and oxygen atoms in total. The zero-order valence-corrected chi connectivity index (χ0v) is 18.3. The predicted molar refractivity (Wildman–Crippen MR) is 126 cm³/mol. The fourth-order valence-corrected chi connectivity index (χ4v) is 5.05. The van der Waals surface area contributed by atoms with E-state index in [1.54, 1.807) is 30.4 Å². The van der Waals surface area contributed by atoms with Crippen LogP contribution in [0.25, 0.3) is 32.8 Å². The summed E-state index contributed by atoms with van der Waals surface area (Å²) in [6.07, 6.45) is 0. The van der Waals surface area contributed by atoms with Gasteiger partial charge in [0.25, 0.3) is 0 Å². The van der Waals surface area contributed by atoms with Crippen LogP contribution in [-0.2, 0) is 4.79 Å². The van der Waals surface area contributed by atoms with Crippen molar-refractivity contribution in [1.29, 1.82) is 0 Å². The van der Waals surface area contributed by atoms with Crippen LogP contribution in [0.1, 0.15) is 6.92 Å². The second kappa shape index (κ2) is 7.88. The molecule has 1 aromatic heterocycles. The Kier molecular flexibility index (Phi) is 5.02. The molecule has 160 valence electrons. The lowest BCUT2D eigenvalue weighted by atomic mass is 9.82. The summed E-state index contributed by atoms with van der Waals surface area (Å²) in [5.41, 5.74) is 4.18. The van der Waals surface area contributed by atoms with Crippen LogP contribution in [0.3, 0.4) is 0 Å². The Morgan fingerprint density at radius 2 is 1.47 bits per heavy atom. The van der Waals surface area contributed by atoms with Crippen LogP contribution in [0.4, 0.5) is 9.52 Å². The molecule has 1 aliphatic rings. The average Bonchev–Trinajstić information content (AvgIpc) is 3.23. The highest BCUT2D eigenvalue weighted by Crippen LogP contribution is 2.44. The molecule has 0 bridgehead atoms. The topological polar surface area (TPSA) is 53.4 Å². The molecule has 1 aliphatic heterocycles. The van der Waals surface area contributed by atoms with E-state index >= 15 is 0 Å². The van der Waals surface area contributed by atoms with Crippen molar-refractivity contribution in [3.05, 3.63) is 84.7 Å². The molecular weight excluding hydrogens is 423 g/mol. The first-order valence-corrected chi connectivity index (χ1v) is 11.2. The Hall–Kier alpha value is -3.51. The molecule has 1 N–H and O–H groups in total. The summed E-state index contributed by atoms with van der Waals surface area (Å²) in [7, 11) is 0. The number of thiazole rings is 1. The van der Waals surface area contributed by atoms with Gasteiger partial charge in [-0.15, -0.1) is 0 Å². The molecule has 0 amide bonds. The van der Waals surface area contributed by atoms with Gasteiger partial charge in [0, 0.05) is 18.7 Å². The molecule has 4 aromatic rings. The maximum Gasteiger partial charge on any atom is 0.312 e.